The Labute approximate surface area is 177 Å². The van der Waals surface area contributed by atoms with Crippen LogP contribution in [0.4, 0.5) is 5.69 Å². The van der Waals surface area contributed by atoms with Crippen LogP contribution >= 0.6 is 11.6 Å². The largest absolute Gasteiger partial charge is 0.508 e. The molecule has 5 nitrogen and oxygen atoms in total. The molecule has 0 radical (unpaired) electrons. The summed E-state index contributed by atoms with van der Waals surface area (Å²) < 4.78 is 5.27. The second kappa shape index (κ2) is 10.5. The van der Waals surface area contributed by atoms with Crippen molar-refractivity contribution in [3.8, 4) is 11.5 Å². The van der Waals surface area contributed by atoms with Crippen molar-refractivity contribution in [2.24, 2.45) is 5.92 Å². The number of phenols is 1. The van der Waals surface area contributed by atoms with Crippen LogP contribution in [0.25, 0.3) is 0 Å². The summed E-state index contributed by atoms with van der Waals surface area (Å²) in [5.41, 5.74) is 1.89. The zero-order chi connectivity index (χ0) is 20.6. The van der Waals surface area contributed by atoms with Crippen LogP contribution in [0.1, 0.15) is 31.2 Å². The van der Waals surface area contributed by atoms with Crippen LogP contribution in [-0.4, -0.2) is 42.7 Å². The highest BCUT2D eigenvalue weighted by atomic mass is 35.5. The third-order valence-electron chi connectivity index (χ3n) is 5.58. The van der Waals surface area contributed by atoms with Gasteiger partial charge in [0.05, 0.1) is 12.8 Å². The van der Waals surface area contributed by atoms with Gasteiger partial charge in [0.25, 0.3) is 0 Å². The van der Waals surface area contributed by atoms with Crippen LogP contribution in [0, 0.1) is 5.92 Å². The number of carbonyl (C=O) groups is 1. The molecule has 1 saturated heterocycles. The third kappa shape index (κ3) is 6.65. The fourth-order valence-corrected chi connectivity index (χ4v) is 3.95. The molecule has 0 aromatic heterocycles. The molecule has 1 aliphatic rings. The van der Waals surface area contributed by atoms with Crippen LogP contribution in [-0.2, 0) is 11.2 Å². The number of carbonyl (C=O) groups excluding carboxylic acids is 1. The third-order valence-corrected chi connectivity index (χ3v) is 5.81. The highest BCUT2D eigenvalue weighted by molar-refractivity contribution is 6.31. The van der Waals surface area contributed by atoms with Crippen LogP contribution in [0.5, 0.6) is 11.5 Å². The predicted molar refractivity (Wildman–Crippen MR) is 117 cm³/mol. The average Bonchev–Trinajstić information content (AvgIpc) is 2.73. The molecular weight excluding hydrogens is 388 g/mol. The number of phenolic OH excluding ortho intramolecular Hbond substituents is 1. The van der Waals surface area contributed by atoms with Gasteiger partial charge in [0.2, 0.25) is 5.91 Å². The van der Waals surface area contributed by atoms with Crippen LogP contribution < -0.4 is 10.1 Å². The van der Waals surface area contributed by atoms with Crippen molar-refractivity contribution in [3.63, 3.8) is 0 Å². The first kappa shape index (κ1) is 21.5. The number of aromatic hydroxyl groups is 1. The van der Waals surface area contributed by atoms with Crippen LogP contribution in [0.2, 0.25) is 5.02 Å². The zero-order valence-corrected chi connectivity index (χ0v) is 17.6. The Kier molecular flexibility index (Phi) is 7.78. The Balaban J connectivity index is 1.37. The predicted octanol–water partition coefficient (Wildman–Crippen LogP) is 4.73. The lowest BCUT2D eigenvalue weighted by Gasteiger charge is -2.31. The van der Waals surface area contributed by atoms with E-state index in [1.54, 1.807) is 37.4 Å². The Bertz CT molecular complexity index is 802. The maximum Gasteiger partial charge on any atom is 0.225 e. The molecule has 0 saturated carbocycles. The molecule has 29 heavy (non-hydrogen) atoms. The van der Waals surface area contributed by atoms with E-state index >= 15 is 0 Å². The Hall–Kier alpha value is -2.24. The minimum Gasteiger partial charge on any atom is -0.508 e. The first-order chi connectivity index (χ1) is 14.0. The standard InChI is InChI=1S/C23H29ClN2O3/c1-29-22-9-6-19(24)16-21(22)25-23(28)12-15-26-13-10-18(11-14-26)3-2-17-4-7-20(27)8-5-17/h4-9,16,18,27H,2-3,10-15H2,1H3,(H,25,28). The smallest absolute Gasteiger partial charge is 0.225 e. The fraction of sp³-hybridized carbons (Fsp3) is 0.435. The van der Waals surface area contributed by atoms with Gasteiger partial charge < -0.3 is 20.1 Å². The lowest BCUT2D eigenvalue weighted by Crippen LogP contribution is -2.35. The van der Waals surface area contributed by atoms with Crippen molar-refractivity contribution in [2.75, 3.05) is 32.1 Å². The van der Waals surface area contributed by atoms with Gasteiger partial charge in [-0.2, -0.15) is 0 Å². The summed E-state index contributed by atoms with van der Waals surface area (Å²) in [5, 5.41) is 12.8. The first-order valence-electron chi connectivity index (χ1n) is 10.2. The molecule has 3 rings (SSSR count). The monoisotopic (exact) mass is 416 g/mol. The lowest BCUT2D eigenvalue weighted by atomic mass is 9.90. The van der Waals surface area contributed by atoms with Crippen molar-refractivity contribution in [2.45, 2.75) is 32.1 Å². The normalized spacial score (nSPS) is 15.2. The van der Waals surface area contributed by atoms with Gasteiger partial charge in [-0.05, 0) is 80.6 Å². The van der Waals surface area contributed by atoms with Crippen molar-refractivity contribution in [3.05, 3.63) is 53.1 Å². The number of methoxy groups -OCH3 is 1. The summed E-state index contributed by atoms with van der Waals surface area (Å²) in [7, 11) is 1.57. The molecule has 1 heterocycles. The van der Waals surface area contributed by atoms with Gasteiger partial charge in [-0.1, -0.05) is 23.7 Å². The molecule has 1 aliphatic heterocycles. The van der Waals surface area contributed by atoms with Crippen molar-refractivity contribution >= 4 is 23.2 Å². The minimum absolute atomic E-state index is 0.0278. The van der Waals surface area contributed by atoms with Gasteiger partial charge in [-0.15, -0.1) is 0 Å². The first-order valence-corrected chi connectivity index (χ1v) is 10.5. The summed E-state index contributed by atoms with van der Waals surface area (Å²) >= 11 is 6.02. The van der Waals surface area contributed by atoms with Gasteiger partial charge in [0.1, 0.15) is 11.5 Å². The molecule has 0 spiro atoms. The number of rotatable bonds is 8. The highest BCUT2D eigenvalue weighted by Gasteiger charge is 2.19. The van der Waals surface area contributed by atoms with Gasteiger partial charge in [0.15, 0.2) is 0 Å². The van der Waals surface area contributed by atoms with E-state index in [9.17, 15) is 9.90 Å². The number of ether oxygens (including phenoxy) is 1. The van der Waals surface area contributed by atoms with E-state index in [1.165, 1.54) is 24.8 Å². The van der Waals surface area contributed by atoms with E-state index in [0.717, 1.165) is 32.0 Å². The maximum absolute atomic E-state index is 12.3. The summed E-state index contributed by atoms with van der Waals surface area (Å²) in [6, 6.07) is 12.7. The molecule has 0 atom stereocenters. The molecule has 2 aromatic carbocycles. The topological polar surface area (TPSA) is 61.8 Å². The van der Waals surface area contributed by atoms with E-state index in [0.29, 0.717) is 28.6 Å². The second-order valence-corrected chi connectivity index (χ2v) is 8.07. The molecule has 1 amide bonds. The summed E-state index contributed by atoms with van der Waals surface area (Å²) in [4.78, 5) is 14.7. The highest BCUT2D eigenvalue weighted by Crippen LogP contribution is 2.28. The summed E-state index contributed by atoms with van der Waals surface area (Å²) in [6.07, 6.45) is 5.01. The van der Waals surface area contributed by atoms with Gasteiger partial charge >= 0.3 is 0 Å². The van der Waals surface area contributed by atoms with Gasteiger partial charge in [-0.3, -0.25) is 4.79 Å². The molecule has 0 aliphatic carbocycles. The Morgan fingerprint density at radius 2 is 1.93 bits per heavy atom. The molecule has 2 aromatic rings. The molecule has 0 unspecified atom stereocenters. The van der Waals surface area contributed by atoms with Gasteiger partial charge in [-0.25, -0.2) is 0 Å². The molecule has 0 bridgehead atoms. The Morgan fingerprint density at radius 3 is 2.62 bits per heavy atom. The Morgan fingerprint density at radius 1 is 1.21 bits per heavy atom. The van der Waals surface area contributed by atoms with Gasteiger partial charge in [0, 0.05) is 18.0 Å². The van der Waals surface area contributed by atoms with Crippen LogP contribution in [0.3, 0.4) is 0 Å². The number of hydrogen-bond acceptors (Lipinski definition) is 4. The van der Waals surface area contributed by atoms with Crippen LogP contribution in [0.15, 0.2) is 42.5 Å². The summed E-state index contributed by atoms with van der Waals surface area (Å²) in [5.74, 6) is 1.63. The van der Waals surface area contributed by atoms with E-state index in [1.807, 2.05) is 12.1 Å². The number of benzene rings is 2. The minimum atomic E-state index is -0.0278. The number of likely N-dealkylation sites (tertiary alicyclic amines) is 1. The number of amides is 1. The number of piperidine rings is 1. The fourth-order valence-electron chi connectivity index (χ4n) is 3.78. The number of hydrogen-bond donors (Lipinski definition) is 2. The zero-order valence-electron chi connectivity index (χ0n) is 16.9. The quantitative estimate of drug-likeness (QED) is 0.653. The molecule has 156 valence electrons. The number of nitrogens with zero attached hydrogens (tertiary/aromatic N) is 1. The second-order valence-electron chi connectivity index (χ2n) is 7.63. The number of halogens is 1. The molecule has 6 heteroatoms. The van der Waals surface area contributed by atoms with Crippen molar-refractivity contribution in [1.82, 2.24) is 4.90 Å². The van der Waals surface area contributed by atoms with E-state index in [2.05, 4.69) is 10.2 Å². The molecule has 1 fully saturated rings. The SMILES string of the molecule is COc1ccc(Cl)cc1NC(=O)CCN1CCC(CCc2ccc(O)cc2)CC1. The van der Waals surface area contributed by atoms with Crippen molar-refractivity contribution in [1.29, 1.82) is 0 Å². The van der Waals surface area contributed by atoms with E-state index in [-0.39, 0.29) is 5.91 Å². The number of anilines is 1. The average molecular weight is 417 g/mol. The van der Waals surface area contributed by atoms with Crippen molar-refractivity contribution < 1.29 is 14.6 Å². The summed E-state index contributed by atoms with van der Waals surface area (Å²) in [6.45, 7) is 2.83. The number of nitrogens with one attached hydrogen (secondary N) is 1. The maximum atomic E-state index is 12.3. The molecule has 2 N–H and O–H groups in total. The molecular formula is C23H29ClN2O3. The number of aryl methyl sites for hydroxylation is 1. The van der Waals surface area contributed by atoms with E-state index < -0.39 is 0 Å². The lowest BCUT2D eigenvalue weighted by molar-refractivity contribution is -0.116. The van der Waals surface area contributed by atoms with E-state index in [4.69, 9.17) is 16.3 Å².